The largest absolute Gasteiger partial charge is 0.545 e. The van der Waals surface area contributed by atoms with Crippen molar-refractivity contribution >= 4 is 17.9 Å². The van der Waals surface area contributed by atoms with Gasteiger partial charge in [0.25, 0.3) is 0 Å². The predicted octanol–water partition coefficient (Wildman–Crippen LogP) is 12.2. The number of carboxylic acids is 1. The maximum atomic E-state index is 12.7. The number of carbonyl (C=O) groups is 3. The zero-order valence-electron chi connectivity index (χ0n) is 40.0. The van der Waals surface area contributed by atoms with Crippen molar-refractivity contribution in [3.63, 3.8) is 0 Å². The van der Waals surface area contributed by atoms with Crippen LogP contribution in [-0.4, -0.2) is 82.3 Å². The van der Waals surface area contributed by atoms with Crippen LogP contribution < -0.4 is 5.11 Å². The van der Waals surface area contributed by atoms with E-state index >= 15 is 0 Å². The number of likely N-dealkylation sites (N-methyl/N-ethyl adjacent to an activating group) is 1. The van der Waals surface area contributed by atoms with Gasteiger partial charge >= 0.3 is 11.9 Å². The van der Waals surface area contributed by atoms with Gasteiger partial charge in [0.05, 0.1) is 40.3 Å². The third-order valence-electron chi connectivity index (χ3n) is 10.6. The van der Waals surface area contributed by atoms with Gasteiger partial charge in [-0.3, -0.25) is 9.59 Å². The van der Waals surface area contributed by atoms with Crippen LogP contribution in [0.1, 0.15) is 206 Å². The Kier molecular flexibility index (Phi) is 41.9. The van der Waals surface area contributed by atoms with E-state index in [0.717, 1.165) is 70.6 Å². The molecule has 0 radical (unpaired) electrons. The van der Waals surface area contributed by atoms with Crippen LogP contribution in [0.5, 0.6) is 0 Å². The zero-order valence-corrected chi connectivity index (χ0v) is 40.0. The normalized spacial score (nSPS) is 13.3. The molecule has 0 saturated heterocycles. The number of hydrogen-bond acceptors (Lipinski definition) is 8. The minimum atomic E-state index is -1.62. The highest BCUT2D eigenvalue weighted by Crippen LogP contribution is 2.16. The summed E-state index contributed by atoms with van der Waals surface area (Å²) in [5.74, 6) is -2.29. The molecule has 0 aromatic heterocycles. The second-order valence-corrected chi connectivity index (χ2v) is 17.7. The first-order chi connectivity index (χ1) is 29.6. The molecule has 0 amide bonds. The standard InChI is InChI=1S/C52H93NO8/c1-6-8-10-12-13-14-15-16-17-18-19-20-21-22-23-24-25-26-27-28-29-30-31-32-33-34-35-36-37-39-41-43-50(55)61-48(46-59-49(54)42-40-38-11-9-7-2)47-60-52(51(56)57)58-45-44-53(3,4)5/h8,10,13-14,16-17,19-20,48,52H,6-7,9,11-12,15,18,21-47H2,1-5H3/b10-8-,14-13-,17-16-,20-19-. The van der Waals surface area contributed by atoms with Crippen molar-refractivity contribution in [3.8, 4) is 0 Å². The highest BCUT2D eigenvalue weighted by molar-refractivity contribution is 5.70. The highest BCUT2D eigenvalue weighted by atomic mass is 16.7. The average molecular weight is 860 g/mol. The van der Waals surface area contributed by atoms with E-state index in [9.17, 15) is 19.5 Å². The lowest BCUT2D eigenvalue weighted by atomic mass is 10.0. The lowest BCUT2D eigenvalue weighted by Crippen LogP contribution is -2.44. The molecule has 9 heteroatoms. The number of aliphatic carboxylic acids is 1. The molecule has 0 spiro atoms. The Morgan fingerprint density at radius 2 is 0.934 bits per heavy atom. The minimum absolute atomic E-state index is 0.149. The van der Waals surface area contributed by atoms with Gasteiger partial charge in [-0.1, -0.05) is 191 Å². The number of hydrogen-bond donors (Lipinski definition) is 0. The molecule has 0 bridgehead atoms. The third-order valence-corrected chi connectivity index (χ3v) is 10.6. The van der Waals surface area contributed by atoms with Gasteiger partial charge in [-0.2, -0.15) is 0 Å². The van der Waals surface area contributed by atoms with Crippen molar-refractivity contribution < 1.29 is 42.9 Å². The molecule has 354 valence electrons. The Balaban J connectivity index is 3.96. The maximum Gasteiger partial charge on any atom is 0.306 e. The molecular weight excluding hydrogens is 767 g/mol. The molecule has 0 aromatic rings. The van der Waals surface area contributed by atoms with Gasteiger partial charge in [0, 0.05) is 12.8 Å². The fourth-order valence-electron chi connectivity index (χ4n) is 6.76. The van der Waals surface area contributed by atoms with E-state index < -0.39 is 24.3 Å². The molecule has 0 aliphatic carbocycles. The highest BCUT2D eigenvalue weighted by Gasteiger charge is 2.21. The Morgan fingerprint density at radius 1 is 0.508 bits per heavy atom. The first-order valence-electron chi connectivity index (χ1n) is 24.8. The number of ether oxygens (including phenoxy) is 4. The van der Waals surface area contributed by atoms with Gasteiger partial charge in [-0.15, -0.1) is 0 Å². The summed E-state index contributed by atoms with van der Waals surface area (Å²) < 4.78 is 22.4. The molecule has 0 heterocycles. The van der Waals surface area contributed by atoms with Crippen molar-refractivity contribution in [3.05, 3.63) is 48.6 Å². The van der Waals surface area contributed by atoms with Crippen LogP contribution in [0.3, 0.4) is 0 Å². The van der Waals surface area contributed by atoms with Crippen LogP contribution in [-0.2, 0) is 33.3 Å². The van der Waals surface area contributed by atoms with E-state index in [0.29, 0.717) is 17.4 Å². The monoisotopic (exact) mass is 860 g/mol. The average Bonchev–Trinajstić information content (AvgIpc) is 3.22. The smallest absolute Gasteiger partial charge is 0.306 e. The van der Waals surface area contributed by atoms with Crippen LogP contribution >= 0.6 is 0 Å². The number of carbonyl (C=O) groups excluding carboxylic acids is 3. The van der Waals surface area contributed by atoms with Crippen LogP contribution in [0.15, 0.2) is 48.6 Å². The van der Waals surface area contributed by atoms with Crippen molar-refractivity contribution in [1.82, 2.24) is 0 Å². The number of nitrogens with zero attached hydrogens (tertiary/aromatic N) is 1. The van der Waals surface area contributed by atoms with Crippen molar-refractivity contribution in [1.29, 1.82) is 0 Å². The summed E-state index contributed by atoms with van der Waals surface area (Å²) in [4.78, 5) is 36.7. The van der Waals surface area contributed by atoms with E-state index in [4.69, 9.17) is 18.9 Å². The number of unbranched alkanes of at least 4 members (excludes halogenated alkanes) is 22. The summed E-state index contributed by atoms with van der Waals surface area (Å²) in [6.07, 6.45) is 49.3. The molecular formula is C52H93NO8. The summed E-state index contributed by atoms with van der Waals surface area (Å²) >= 11 is 0. The van der Waals surface area contributed by atoms with E-state index in [1.165, 1.54) is 103 Å². The van der Waals surface area contributed by atoms with Crippen LogP contribution in [0.4, 0.5) is 0 Å². The molecule has 0 N–H and O–H groups in total. The predicted molar refractivity (Wildman–Crippen MR) is 251 cm³/mol. The Labute approximate surface area is 374 Å². The van der Waals surface area contributed by atoms with Crippen molar-refractivity contribution in [2.75, 3.05) is 47.5 Å². The molecule has 0 aromatic carbocycles. The lowest BCUT2D eigenvalue weighted by molar-refractivity contribution is -0.870. The molecule has 0 saturated carbocycles. The summed E-state index contributed by atoms with van der Waals surface area (Å²) in [5, 5.41) is 11.6. The number of esters is 2. The lowest BCUT2D eigenvalue weighted by Gasteiger charge is -2.26. The molecule has 9 nitrogen and oxygen atoms in total. The summed E-state index contributed by atoms with van der Waals surface area (Å²) in [7, 11) is 5.90. The van der Waals surface area contributed by atoms with E-state index in [1.54, 1.807) is 0 Å². The summed E-state index contributed by atoms with van der Waals surface area (Å²) in [6, 6.07) is 0. The van der Waals surface area contributed by atoms with Gasteiger partial charge in [0.15, 0.2) is 12.4 Å². The Hall–Kier alpha value is -2.75. The van der Waals surface area contributed by atoms with Crippen LogP contribution in [0.25, 0.3) is 0 Å². The van der Waals surface area contributed by atoms with Gasteiger partial charge < -0.3 is 33.3 Å². The molecule has 0 rings (SSSR count). The first-order valence-corrected chi connectivity index (χ1v) is 24.8. The quantitative estimate of drug-likeness (QED) is 0.0196. The van der Waals surface area contributed by atoms with Crippen LogP contribution in [0, 0.1) is 0 Å². The molecule has 0 aliphatic heterocycles. The molecule has 0 aliphatic rings. The van der Waals surface area contributed by atoms with Crippen molar-refractivity contribution in [2.24, 2.45) is 0 Å². The van der Waals surface area contributed by atoms with Crippen LogP contribution in [0.2, 0.25) is 0 Å². The second-order valence-electron chi connectivity index (χ2n) is 17.7. The Morgan fingerprint density at radius 3 is 1.39 bits per heavy atom. The maximum absolute atomic E-state index is 12.7. The summed E-state index contributed by atoms with van der Waals surface area (Å²) in [6.45, 7) is 4.54. The van der Waals surface area contributed by atoms with Crippen molar-refractivity contribution in [2.45, 2.75) is 219 Å². The number of carboxylic acid groups (broad SMARTS) is 1. The molecule has 2 unspecified atom stereocenters. The molecule has 2 atom stereocenters. The fraction of sp³-hybridized carbons (Fsp3) is 0.788. The Bertz CT molecular complexity index is 1140. The SMILES string of the molecule is CC/C=C\C/C=C\C/C=C\C/C=C\CCCCCCCCCCCCCCCCCCCCC(=O)OC(COC(=O)CCCCCCC)COC(OCC[N+](C)(C)C)C(=O)[O-]. The van der Waals surface area contributed by atoms with E-state index in [1.807, 2.05) is 21.1 Å². The van der Waals surface area contributed by atoms with E-state index in [-0.39, 0.29) is 38.6 Å². The summed E-state index contributed by atoms with van der Waals surface area (Å²) in [5.41, 5.74) is 0. The first kappa shape index (κ1) is 58.2. The number of allylic oxidation sites excluding steroid dienone is 8. The van der Waals surface area contributed by atoms with Gasteiger partial charge in [-0.25, -0.2) is 0 Å². The van der Waals surface area contributed by atoms with Gasteiger partial charge in [-0.05, 0) is 51.4 Å². The topological polar surface area (TPSA) is 111 Å². The molecule has 0 fully saturated rings. The minimum Gasteiger partial charge on any atom is -0.545 e. The van der Waals surface area contributed by atoms with Gasteiger partial charge in [0.2, 0.25) is 0 Å². The second kappa shape index (κ2) is 43.9. The van der Waals surface area contributed by atoms with E-state index in [2.05, 4.69) is 62.5 Å². The third kappa shape index (κ3) is 45.1. The molecule has 61 heavy (non-hydrogen) atoms. The van der Waals surface area contributed by atoms with Gasteiger partial charge in [0.1, 0.15) is 13.2 Å². The fourth-order valence-corrected chi connectivity index (χ4v) is 6.76. The number of rotatable bonds is 45. The zero-order chi connectivity index (χ0) is 44.9. The number of quaternary nitrogens is 1.